The van der Waals surface area contributed by atoms with E-state index < -0.39 is 0 Å². The fraction of sp³-hybridized carbons (Fsp3) is 0. The number of benzene rings is 1. The molecule has 0 amide bonds. The molecular weight excluding hydrogens is 146 g/mol. The highest BCUT2D eigenvalue weighted by atomic mass is 14.2. The molecule has 0 aliphatic rings. The highest BCUT2D eigenvalue weighted by Crippen LogP contribution is 2.01. The van der Waals surface area contributed by atoms with E-state index in [4.69, 9.17) is 11.7 Å². The second kappa shape index (κ2) is 3.87. The van der Waals surface area contributed by atoms with Crippen LogP contribution >= 0.6 is 0 Å². The highest BCUT2D eigenvalue weighted by Gasteiger charge is 1.87. The van der Waals surface area contributed by atoms with Crippen molar-refractivity contribution < 1.29 is 0 Å². The Bertz CT molecular complexity index is 419. The summed E-state index contributed by atoms with van der Waals surface area (Å²) in [6, 6.07) is 8.95. The predicted octanol–water partition coefficient (Wildman–Crippen LogP) is 1.54. The van der Waals surface area contributed by atoms with Gasteiger partial charge in [-0.05, 0) is 18.2 Å². The quantitative estimate of drug-likeness (QED) is 0.516. The summed E-state index contributed by atoms with van der Waals surface area (Å²) in [6.45, 7) is 0. The van der Waals surface area contributed by atoms with E-state index in [1.807, 2.05) is 18.2 Å². The van der Waals surface area contributed by atoms with Crippen LogP contribution in [0.25, 0.3) is 0 Å². The summed E-state index contributed by atoms with van der Waals surface area (Å²) in [6.07, 6.45) is 5.18. The van der Waals surface area contributed by atoms with Gasteiger partial charge >= 0.3 is 0 Å². The van der Waals surface area contributed by atoms with Gasteiger partial charge in [-0.15, -0.1) is 6.42 Å². The molecule has 1 nitrogen and oxygen atoms in total. The monoisotopic (exact) mass is 151 g/mol. The van der Waals surface area contributed by atoms with Crippen molar-refractivity contribution in [2.45, 2.75) is 0 Å². The minimum absolute atomic E-state index is 0.770. The third kappa shape index (κ3) is 1.91. The molecular formula is C11H5N. The van der Waals surface area contributed by atoms with Crippen LogP contribution in [0.4, 0.5) is 0 Å². The Labute approximate surface area is 71.6 Å². The summed E-state index contributed by atoms with van der Waals surface area (Å²) in [5, 5.41) is 8.19. The Morgan fingerprint density at radius 3 is 2.67 bits per heavy atom. The average molecular weight is 151 g/mol. The highest BCUT2D eigenvalue weighted by molar-refractivity contribution is 5.44. The van der Waals surface area contributed by atoms with Crippen LogP contribution in [-0.4, -0.2) is 0 Å². The summed E-state index contributed by atoms with van der Waals surface area (Å²) in [5.41, 5.74) is 1.55. The van der Waals surface area contributed by atoms with Crippen molar-refractivity contribution in [1.82, 2.24) is 0 Å². The third-order valence-electron chi connectivity index (χ3n) is 1.29. The first-order valence-corrected chi connectivity index (χ1v) is 3.33. The van der Waals surface area contributed by atoms with E-state index in [2.05, 4.69) is 17.8 Å². The van der Waals surface area contributed by atoms with Gasteiger partial charge in [0, 0.05) is 17.0 Å². The Morgan fingerprint density at radius 1 is 1.25 bits per heavy atom. The largest absolute Gasteiger partial charge is 0.183 e. The molecule has 0 saturated heterocycles. The number of hydrogen-bond acceptors (Lipinski definition) is 1. The Balaban J connectivity index is 3.06. The molecule has 0 bridgehead atoms. The molecule has 0 spiro atoms. The first-order valence-electron chi connectivity index (χ1n) is 3.33. The van der Waals surface area contributed by atoms with Gasteiger partial charge < -0.3 is 0 Å². The number of nitrogens with zero attached hydrogens (tertiary/aromatic N) is 1. The number of rotatable bonds is 0. The number of hydrogen-bond donors (Lipinski definition) is 0. The first-order chi connectivity index (χ1) is 5.86. The lowest BCUT2D eigenvalue weighted by Gasteiger charge is -1.90. The van der Waals surface area contributed by atoms with Gasteiger partial charge in [-0.1, -0.05) is 17.9 Å². The lowest BCUT2D eigenvalue weighted by atomic mass is 10.1. The van der Waals surface area contributed by atoms with E-state index in [0.717, 1.165) is 11.1 Å². The second-order valence-electron chi connectivity index (χ2n) is 2.09. The molecule has 12 heavy (non-hydrogen) atoms. The molecule has 1 aromatic carbocycles. The molecule has 0 aliphatic carbocycles. The van der Waals surface area contributed by atoms with E-state index in [-0.39, 0.29) is 0 Å². The fourth-order valence-corrected chi connectivity index (χ4v) is 0.787. The normalized spacial score (nSPS) is 7.17. The summed E-state index contributed by atoms with van der Waals surface area (Å²) in [5.74, 6) is 7.46. The standard InChI is InChI=1S/C11H5N/c1-2-10-5-3-6-11(9-10)7-4-8-12/h1,3,5-6,9H. The molecule has 0 fully saturated rings. The Hall–Kier alpha value is -2.17. The summed E-state index contributed by atoms with van der Waals surface area (Å²) < 4.78 is 0. The fourth-order valence-electron chi connectivity index (χ4n) is 0.787. The molecule has 0 N–H and O–H groups in total. The van der Waals surface area contributed by atoms with Crippen molar-refractivity contribution in [1.29, 1.82) is 5.26 Å². The van der Waals surface area contributed by atoms with E-state index in [0.29, 0.717) is 0 Å². The molecule has 0 aromatic heterocycles. The van der Waals surface area contributed by atoms with Gasteiger partial charge in [-0.3, -0.25) is 0 Å². The van der Waals surface area contributed by atoms with Crippen molar-refractivity contribution in [2.75, 3.05) is 0 Å². The molecule has 1 aromatic rings. The van der Waals surface area contributed by atoms with Gasteiger partial charge in [-0.25, -0.2) is 0 Å². The average Bonchev–Trinajstić information content (AvgIpc) is 2.15. The topological polar surface area (TPSA) is 23.8 Å². The van der Waals surface area contributed by atoms with Crippen LogP contribution in [0.15, 0.2) is 24.3 Å². The van der Waals surface area contributed by atoms with Crippen LogP contribution in [0.2, 0.25) is 0 Å². The van der Waals surface area contributed by atoms with E-state index in [1.54, 1.807) is 12.1 Å². The van der Waals surface area contributed by atoms with Crippen LogP contribution in [0.3, 0.4) is 0 Å². The SMILES string of the molecule is C#Cc1cccc(C#CC#N)c1. The molecule has 0 radical (unpaired) electrons. The Kier molecular flexibility index (Phi) is 2.56. The molecule has 0 aliphatic heterocycles. The molecule has 1 heteroatoms. The van der Waals surface area contributed by atoms with Crippen molar-refractivity contribution in [3.63, 3.8) is 0 Å². The van der Waals surface area contributed by atoms with Gasteiger partial charge in [0.15, 0.2) is 6.07 Å². The van der Waals surface area contributed by atoms with Gasteiger partial charge in [0.25, 0.3) is 0 Å². The zero-order valence-corrected chi connectivity index (χ0v) is 6.33. The van der Waals surface area contributed by atoms with Crippen molar-refractivity contribution in [3.05, 3.63) is 35.4 Å². The van der Waals surface area contributed by atoms with Gasteiger partial charge in [-0.2, -0.15) is 5.26 Å². The zero-order chi connectivity index (χ0) is 8.81. The van der Waals surface area contributed by atoms with E-state index >= 15 is 0 Å². The lowest BCUT2D eigenvalue weighted by molar-refractivity contribution is 1.54. The van der Waals surface area contributed by atoms with Gasteiger partial charge in [0.1, 0.15) is 0 Å². The Morgan fingerprint density at radius 2 is 2.00 bits per heavy atom. The number of terminal acetylenes is 1. The van der Waals surface area contributed by atoms with Gasteiger partial charge in [0.05, 0.1) is 0 Å². The van der Waals surface area contributed by atoms with Crippen LogP contribution in [0, 0.1) is 35.5 Å². The summed E-state index contributed by atoms with van der Waals surface area (Å²) in [4.78, 5) is 0. The number of nitriles is 1. The van der Waals surface area contributed by atoms with Gasteiger partial charge in [0.2, 0.25) is 0 Å². The van der Waals surface area contributed by atoms with Crippen LogP contribution in [0.1, 0.15) is 11.1 Å². The molecule has 0 unspecified atom stereocenters. The smallest absolute Gasteiger partial charge is 0.152 e. The zero-order valence-electron chi connectivity index (χ0n) is 6.33. The molecule has 1 rings (SSSR count). The van der Waals surface area contributed by atoms with Crippen LogP contribution < -0.4 is 0 Å². The molecule has 0 atom stereocenters. The van der Waals surface area contributed by atoms with Crippen molar-refractivity contribution in [3.8, 4) is 30.3 Å². The molecule has 54 valence electrons. The second-order valence-corrected chi connectivity index (χ2v) is 2.09. The minimum Gasteiger partial charge on any atom is -0.183 e. The first kappa shape index (κ1) is 7.93. The van der Waals surface area contributed by atoms with Crippen molar-refractivity contribution >= 4 is 0 Å². The molecule has 0 saturated carbocycles. The molecule has 0 heterocycles. The summed E-state index contributed by atoms with van der Waals surface area (Å²) >= 11 is 0. The minimum atomic E-state index is 0.770. The lowest BCUT2D eigenvalue weighted by Crippen LogP contribution is -1.76. The van der Waals surface area contributed by atoms with E-state index in [1.165, 1.54) is 0 Å². The maximum absolute atomic E-state index is 8.19. The van der Waals surface area contributed by atoms with Crippen molar-refractivity contribution in [2.24, 2.45) is 0 Å². The van der Waals surface area contributed by atoms with Crippen LogP contribution in [0.5, 0.6) is 0 Å². The van der Waals surface area contributed by atoms with Crippen LogP contribution in [-0.2, 0) is 0 Å². The predicted molar refractivity (Wildman–Crippen MR) is 46.9 cm³/mol. The maximum Gasteiger partial charge on any atom is 0.152 e. The maximum atomic E-state index is 8.19. The third-order valence-corrected chi connectivity index (χ3v) is 1.29. The van der Waals surface area contributed by atoms with E-state index in [9.17, 15) is 0 Å². The summed E-state index contributed by atoms with van der Waals surface area (Å²) in [7, 11) is 0.